The molecule has 3 aromatic rings. The van der Waals surface area contributed by atoms with E-state index >= 15 is 0 Å². The number of nitrogens with one attached hydrogen (secondary N) is 3. The van der Waals surface area contributed by atoms with Crippen molar-refractivity contribution in [2.75, 3.05) is 26.4 Å². The van der Waals surface area contributed by atoms with Crippen molar-refractivity contribution in [2.45, 2.75) is 116 Å². The van der Waals surface area contributed by atoms with Crippen LogP contribution in [0.3, 0.4) is 0 Å². The molecule has 1 heterocycles. The van der Waals surface area contributed by atoms with E-state index < -0.39 is 65.5 Å². The summed E-state index contributed by atoms with van der Waals surface area (Å²) in [6.07, 6.45) is 1.54. The quantitative estimate of drug-likeness (QED) is 0.0767. The first-order valence-corrected chi connectivity index (χ1v) is 21.0. The van der Waals surface area contributed by atoms with Gasteiger partial charge in [-0.25, -0.2) is 14.4 Å². The van der Waals surface area contributed by atoms with Crippen LogP contribution in [0, 0.1) is 0 Å². The first kappa shape index (κ1) is 47.6. The molecule has 3 aromatic carbocycles. The second-order valence-corrected chi connectivity index (χ2v) is 15.8. The summed E-state index contributed by atoms with van der Waals surface area (Å²) in [5.74, 6) is -2.31. The van der Waals surface area contributed by atoms with Crippen LogP contribution in [-0.2, 0) is 41.5 Å². The Morgan fingerprint density at radius 1 is 0.721 bits per heavy atom. The number of carbonyl (C=O) groups is 6. The molecule has 330 valence electrons. The Hall–Kier alpha value is -6.12. The third-order valence-electron chi connectivity index (χ3n) is 9.80. The Morgan fingerprint density at radius 2 is 1.28 bits per heavy atom. The lowest BCUT2D eigenvalue weighted by Crippen LogP contribution is -2.60. The lowest BCUT2D eigenvalue weighted by atomic mass is 9.98. The Balaban J connectivity index is 1.60. The second kappa shape index (κ2) is 23.6. The van der Waals surface area contributed by atoms with Crippen molar-refractivity contribution in [1.29, 1.82) is 0 Å². The molecule has 4 amide bonds. The van der Waals surface area contributed by atoms with E-state index in [0.29, 0.717) is 67.1 Å². The molecule has 15 heteroatoms. The Labute approximate surface area is 357 Å². The number of piperidine rings is 1. The predicted molar refractivity (Wildman–Crippen MR) is 227 cm³/mol. The Morgan fingerprint density at radius 3 is 1.84 bits per heavy atom. The van der Waals surface area contributed by atoms with E-state index in [-0.39, 0.29) is 38.8 Å². The number of alkyl carbamates (subject to hydrolysis) is 1. The Bertz CT molecular complexity index is 1900. The molecule has 15 nitrogen and oxygen atoms in total. The Kier molecular flexibility index (Phi) is 18.4. The number of nitrogens with zero attached hydrogens (tertiary/aromatic N) is 1. The smallest absolute Gasteiger partial charge is 0.408 e. The molecule has 0 spiro atoms. The van der Waals surface area contributed by atoms with E-state index in [1.165, 1.54) is 4.90 Å². The molecule has 61 heavy (non-hydrogen) atoms. The maximum Gasteiger partial charge on any atom is 0.408 e. The molecule has 1 saturated heterocycles. The molecule has 0 radical (unpaired) electrons. The summed E-state index contributed by atoms with van der Waals surface area (Å²) in [6.45, 7) is 9.97. The van der Waals surface area contributed by atoms with Crippen LogP contribution >= 0.6 is 0 Å². The molecule has 4 N–H and O–H groups in total. The SMILES string of the molecule is CCOc1ccc(C[C@H](NC(=O)[C@H](CCCCOC(=O)c2ccccc2)NC(=O)OC(C)(C)C)C(=O)N[C@@H](Cc2ccc(OCC)cc2)C(=O)N2CCCC[C@@H]2C(=O)O)cc1. The largest absolute Gasteiger partial charge is 0.494 e. The number of hydrogen-bond donors (Lipinski definition) is 4. The highest BCUT2D eigenvalue weighted by Crippen LogP contribution is 2.21. The molecule has 0 unspecified atom stereocenters. The molecular formula is C46H60N4O11. The van der Waals surface area contributed by atoms with Gasteiger partial charge in [-0.3, -0.25) is 14.4 Å². The first-order valence-electron chi connectivity index (χ1n) is 21.0. The molecule has 1 fully saturated rings. The molecule has 0 saturated carbocycles. The van der Waals surface area contributed by atoms with E-state index in [0.717, 1.165) is 0 Å². The van der Waals surface area contributed by atoms with Gasteiger partial charge in [0.2, 0.25) is 17.7 Å². The number of amides is 4. The van der Waals surface area contributed by atoms with Crippen molar-refractivity contribution >= 4 is 35.8 Å². The molecule has 4 rings (SSSR count). The normalized spacial score (nSPS) is 15.3. The first-order chi connectivity index (χ1) is 29.2. The molecule has 4 atom stereocenters. The molecule has 1 aliphatic heterocycles. The average molecular weight is 845 g/mol. The van der Waals surface area contributed by atoms with Crippen LogP contribution in [0.25, 0.3) is 0 Å². The molecule has 0 bridgehead atoms. The fourth-order valence-corrected chi connectivity index (χ4v) is 6.85. The number of carbonyl (C=O) groups excluding carboxylic acids is 5. The summed E-state index contributed by atoms with van der Waals surface area (Å²) in [5, 5.41) is 18.3. The molecule has 1 aliphatic rings. The number of likely N-dealkylation sites (tertiary alicyclic amines) is 1. The van der Waals surface area contributed by atoms with E-state index in [9.17, 15) is 33.9 Å². The fourth-order valence-electron chi connectivity index (χ4n) is 6.85. The topological polar surface area (TPSA) is 199 Å². The number of carboxylic acid groups (broad SMARTS) is 1. The van der Waals surface area contributed by atoms with Crippen LogP contribution in [0.15, 0.2) is 78.9 Å². The van der Waals surface area contributed by atoms with Crippen molar-refractivity contribution in [3.05, 3.63) is 95.6 Å². The van der Waals surface area contributed by atoms with Crippen LogP contribution in [0.1, 0.15) is 94.6 Å². The standard InChI is InChI=1S/C46H60N4O11/c1-6-58-34-23-19-31(20-24-34)29-37(47-40(51)36(49-45(57)61-46(3,4)5)17-12-14-28-60-44(56)33-15-9-8-10-16-33)41(52)48-38(30-32-21-25-35(26-22-32)59-7-2)42(53)50-27-13-11-18-39(50)43(54)55/h8-10,15-16,19-26,36-39H,6-7,11-14,17-18,27-30H2,1-5H3,(H,47,51)(H,48,52)(H,49,57)(H,54,55)/t36-,37-,38-,39+/m0/s1. The molecule has 0 aromatic heterocycles. The van der Waals surface area contributed by atoms with Crippen molar-refractivity contribution in [3.63, 3.8) is 0 Å². The van der Waals surface area contributed by atoms with Crippen LogP contribution < -0.4 is 25.4 Å². The summed E-state index contributed by atoms with van der Waals surface area (Å²) in [4.78, 5) is 82.0. The summed E-state index contributed by atoms with van der Waals surface area (Å²) in [6, 6.07) is 17.9. The van der Waals surface area contributed by atoms with Gasteiger partial charge in [0, 0.05) is 19.4 Å². The lowest BCUT2D eigenvalue weighted by molar-refractivity contribution is -0.153. The molecule has 0 aliphatic carbocycles. The zero-order chi connectivity index (χ0) is 44.4. The molecular weight excluding hydrogens is 785 g/mol. The zero-order valence-corrected chi connectivity index (χ0v) is 35.8. The summed E-state index contributed by atoms with van der Waals surface area (Å²) in [5.41, 5.74) is 0.890. The van der Waals surface area contributed by atoms with E-state index in [4.69, 9.17) is 18.9 Å². The van der Waals surface area contributed by atoms with Gasteiger partial charge in [-0.05, 0) is 121 Å². The van der Waals surface area contributed by atoms with Crippen molar-refractivity contribution < 1.29 is 52.8 Å². The zero-order valence-electron chi connectivity index (χ0n) is 35.8. The van der Waals surface area contributed by atoms with Gasteiger partial charge < -0.3 is 44.9 Å². The average Bonchev–Trinajstić information content (AvgIpc) is 3.23. The number of unbranched alkanes of at least 4 members (excludes halogenated alkanes) is 1. The van der Waals surface area contributed by atoms with E-state index in [1.54, 1.807) is 99.6 Å². The van der Waals surface area contributed by atoms with E-state index in [1.807, 2.05) is 13.8 Å². The number of esters is 1. The lowest BCUT2D eigenvalue weighted by Gasteiger charge is -2.36. The van der Waals surface area contributed by atoms with Gasteiger partial charge in [-0.1, -0.05) is 42.5 Å². The van der Waals surface area contributed by atoms with Gasteiger partial charge in [0.05, 0.1) is 25.4 Å². The number of carboxylic acids is 1. The predicted octanol–water partition coefficient (Wildman–Crippen LogP) is 5.63. The highest BCUT2D eigenvalue weighted by atomic mass is 16.6. The number of rotatable bonds is 21. The second-order valence-electron chi connectivity index (χ2n) is 15.8. The van der Waals surface area contributed by atoms with Gasteiger partial charge in [0.25, 0.3) is 0 Å². The van der Waals surface area contributed by atoms with Crippen molar-refractivity contribution in [3.8, 4) is 11.5 Å². The highest BCUT2D eigenvalue weighted by molar-refractivity contribution is 5.95. The van der Waals surface area contributed by atoms with Gasteiger partial charge in [-0.15, -0.1) is 0 Å². The minimum absolute atomic E-state index is 0.00992. The van der Waals surface area contributed by atoms with Crippen molar-refractivity contribution in [1.82, 2.24) is 20.9 Å². The van der Waals surface area contributed by atoms with Crippen LogP contribution in [-0.4, -0.2) is 102 Å². The highest BCUT2D eigenvalue weighted by Gasteiger charge is 2.37. The van der Waals surface area contributed by atoms with Crippen LogP contribution in [0.4, 0.5) is 4.79 Å². The van der Waals surface area contributed by atoms with Crippen molar-refractivity contribution in [2.24, 2.45) is 0 Å². The van der Waals surface area contributed by atoms with Gasteiger partial charge in [0.15, 0.2) is 0 Å². The maximum atomic E-state index is 14.5. The summed E-state index contributed by atoms with van der Waals surface area (Å²) >= 11 is 0. The minimum Gasteiger partial charge on any atom is -0.494 e. The number of ether oxygens (including phenoxy) is 4. The maximum absolute atomic E-state index is 14.5. The monoisotopic (exact) mass is 844 g/mol. The van der Waals surface area contributed by atoms with Gasteiger partial charge in [0.1, 0.15) is 41.3 Å². The van der Waals surface area contributed by atoms with E-state index in [2.05, 4.69) is 16.0 Å². The third kappa shape index (κ3) is 15.8. The van der Waals surface area contributed by atoms with Crippen LogP contribution in [0.2, 0.25) is 0 Å². The van der Waals surface area contributed by atoms with Gasteiger partial charge >= 0.3 is 18.0 Å². The third-order valence-corrected chi connectivity index (χ3v) is 9.80. The number of benzene rings is 3. The van der Waals surface area contributed by atoms with Gasteiger partial charge in [-0.2, -0.15) is 0 Å². The fraction of sp³-hybridized carbons (Fsp3) is 0.478. The summed E-state index contributed by atoms with van der Waals surface area (Å²) in [7, 11) is 0. The number of aliphatic carboxylic acids is 1. The summed E-state index contributed by atoms with van der Waals surface area (Å²) < 4.78 is 22.0. The minimum atomic E-state index is -1.26. The number of hydrogen-bond acceptors (Lipinski definition) is 10. The van der Waals surface area contributed by atoms with Crippen LogP contribution in [0.5, 0.6) is 11.5 Å².